The molecule has 0 atom stereocenters. The summed E-state index contributed by atoms with van der Waals surface area (Å²) in [4.78, 5) is 30.7. The zero-order valence-electron chi connectivity index (χ0n) is 17.6. The highest BCUT2D eigenvalue weighted by atomic mass is 16.5. The minimum Gasteiger partial charge on any atom is -0.493 e. The second-order valence-electron chi connectivity index (χ2n) is 6.46. The van der Waals surface area contributed by atoms with Crippen LogP contribution < -0.4 is 25.8 Å². The Morgan fingerprint density at radius 2 is 1.88 bits per heavy atom. The average Bonchev–Trinajstić information content (AvgIpc) is 2.79. The number of nitrogens with one attached hydrogen (secondary N) is 3. The molecule has 10 nitrogen and oxygen atoms in total. The van der Waals surface area contributed by atoms with Gasteiger partial charge >= 0.3 is 0 Å². The van der Waals surface area contributed by atoms with E-state index in [9.17, 15) is 14.9 Å². The van der Waals surface area contributed by atoms with E-state index in [1.165, 1.54) is 27.4 Å². The molecule has 1 heterocycles. The summed E-state index contributed by atoms with van der Waals surface area (Å²) in [6, 6.07) is 14.0. The molecule has 3 aromatic rings. The largest absolute Gasteiger partial charge is 0.493 e. The second-order valence-corrected chi connectivity index (χ2v) is 6.46. The zero-order chi connectivity index (χ0) is 23.1. The molecule has 1 amide bonds. The number of aromatic nitrogens is 2. The van der Waals surface area contributed by atoms with Crippen molar-refractivity contribution in [3.05, 3.63) is 63.9 Å². The lowest BCUT2D eigenvalue weighted by molar-refractivity contribution is -0.114. The Kier molecular flexibility index (Phi) is 6.82. The highest BCUT2D eigenvalue weighted by Crippen LogP contribution is 2.32. The molecule has 3 N–H and O–H groups in total. The molecule has 0 saturated carbocycles. The first kappa shape index (κ1) is 22.0. The fourth-order valence-electron chi connectivity index (χ4n) is 2.90. The Bertz CT molecular complexity index is 1260. The third kappa shape index (κ3) is 4.91. The monoisotopic (exact) mass is 432 g/mol. The van der Waals surface area contributed by atoms with Gasteiger partial charge in [0.15, 0.2) is 11.5 Å². The summed E-state index contributed by atoms with van der Waals surface area (Å²) in [5.74, 6) is 0.655. The van der Waals surface area contributed by atoms with Crippen molar-refractivity contribution in [1.82, 2.24) is 9.97 Å². The lowest BCUT2D eigenvalue weighted by atomic mass is 10.1. The number of hydrazone groups is 1. The van der Waals surface area contributed by atoms with Crippen molar-refractivity contribution >= 4 is 23.8 Å². The molecular formula is C22H20N6O4. The van der Waals surface area contributed by atoms with Crippen LogP contribution in [0.15, 0.2) is 52.4 Å². The minimum absolute atomic E-state index is 0.0469. The summed E-state index contributed by atoms with van der Waals surface area (Å²) >= 11 is 0. The second kappa shape index (κ2) is 9.90. The van der Waals surface area contributed by atoms with Crippen LogP contribution in [0, 0.1) is 11.3 Å². The third-order valence-corrected chi connectivity index (χ3v) is 4.32. The number of H-pyrrole nitrogens is 1. The maximum atomic E-state index is 12.3. The van der Waals surface area contributed by atoms with Crippen molar-refractivity contribution in [3.8, 4) is 28.8 Å². The summed E-state index contributed by atoms with van der Waals surface area (Å²) < 4.78 is 10.6. The van der Waals surface area contributed by atoms with E-state index >= 15 is 0 Å². The Balaban J connectivity index is 1.95. The number of nitrogens with zero attached hydrogens (tertiary/aromatic N) is 3. The molecule has 162 valence electrons. The molecule has 0 bridgehead atoms. The summed E-state index contributed by atoms with van der Waals surface area (Å²) in [7, 11) is 2.98. The zero-order valence-corrected chi connectivity index (χ0v) is 17.6. The first-order chi connectivity index (χ1) is 15.5. The van der Waals surface area contributed by atoms with Gasteiger partial charge in [0.25, 0.3) is 5.56 Å². The van der Waals surface area contributed by atoms with Gasteiger partial charge in [-0.15, -0.1) is 0 Å². The molecule has 0 unspecified atom stereocenters. The summed E-state index contributed by atoms with van der Waals surface area (Å²) in [6.45, 7) is 1.38. The normalized spacial score (nSPS) is 10.4. The number of carbonyl (C=O) groups excluding carboxylic acids is 1. The third-order valence-electron chi connectivity index (χ3n) is 4.32. The van der Waals surface area contributed by atoms with Gasteiger partial charge in [0.1, 0.15) is 11.6 Å². The average molecular weight is 432 g/mol. The van der Waals surface area contributed by atoms with Gasteiger partial charge in [-0.3, -0.25) is 14.6 Å². The fraction of sp³-hybridized carbons (Fsp3) is 0.136. The number of aromatic amines is 1. The Morgan fingerprint density at radius 1 is 1.19 bits per heavy atom. The standard InChI is InChI=1S/C22H20N6O4/c1-13(29)25-17-10-19(32-3)18(31-2)9-15(17)12-24-28-22-26-20(14-7-5-4-6-8-14)16(11-23)21(30)27-22/h4-10,12H,1-3H3,(H,25,29)(H2,26,27,28,30). The molecular weight excluding hydrogens is 412 g/mol. The summed E-state index contributed by atoms with van der Waals surface area (Å²) in [5.41, 5.74) is 3.78. The maximum absolute atomic E-state index is 12.3. The number of nitriles is 1. The number of methoxy groups -OCH3 is 2. The van der Waals surface area contributed by atoms with Gasteiger partial charge in [0.2, 0.25) is 11.9 Å². The topological polar surface area (TPSA) is 141 Å². The number of carbonyl (C=O) groups is 1. The summed E-state index contributed by atoms with van der Waals surface area (Å²) in [5, 5.41) is 16.2. The molecule has 0 spiro atoms. The first-order valence-corrected chi connectivity index (χ1v) is 9.39. The number of benzene rings is 2. The fourth-order valence-corrected chi connectivity index (χ4v) is 2.90. The number of amides is 1. The first-order valence-electron chi connectivity index (χ1n) is 9.39. The molecule has 0 aliphatic carbocycles. The molecule has 2 aromatic carbocycles. The highest BCUT2D eigenvalue weighted by molar-refractivity contribution is 5.97. The van der Waals surface area contributed by atoms with E-state index in [-0.39, 0.29) is 23.1 Å². The molecule has 10 heteroatoms. The number of hydrogen-bond acceptors (Lipinski definition) is 8. The Hall–Kier alpha value is -4.65. The van der Waals surface area contributed by atoms with Crippen LogP contribution in [0.3, 0.4) is 0 Å². The van der Waals surface area contributed by atoms with E-state index in [1.54, 1.807) is 36.4 Å². The highest BCUT2D eigenvalue weighted by Gasteiger charge is 2.14. The van der Waals surface area contributed by atoms with Crippen molar-refractivity contribution < 1.29 is 14.3 Å². The molecule has 0 aliphatic rings. The van der Waals surface area contributed by atoms with Gasteiger partial charge in [-0.25, -0.2) is 10.4 Å². The number of ether oxygens (including phenoxy) is 2. The van der Waals surface area contributed by atoms with Crippen LogP contribution in [-0.4, -0.2) is 36.3 Å². The van der Waals surface area contributed by atoms with Gasteiger partial charge in [-0.05, 0) is 6.07 Å². The van der Waals surface area contributed by atoms with Crippen LogP contribution >= 0.6 is 0 Å². The molecule has 0 aliphatic heterocycles. The lowest BCUT2D eigenvalue weighted by Gasteiger charge is -2.13. The van der Waals surface area contributed by atoms with Crippen LogP contribution in [0.1, 0.15) is 18.1 Å². The van der Waals surface area contributed by atoms with Crippen molar-refractivity contribution in [1.29, 1.82) is 5.26 Å². The number of rotatable bonds is 7. The van der Waals surface area contributed by atoms with Gasteiger partial charge in [-0.1, -0.05) is 30.3 Å². The van der Waals surface area contributed by atoms with E-state index in [4.69, 9.17) is 9.47 Å². The minimum atomic E-state index is -0.593. The van der Waals surface area contributed by atoms with E-state index in [0.29, 0.717) is 28.3 Å². The quantitative estimate of drug-likeness (QED) is 0.385. The predicted octanol–water partition coefficient (Wildman–Crippen LogP) is 2.73. The lowest BCUT2D eigenvalue weighted by Crippen LogP contribution is -2.16. The molecule has 1 aromatic heterocycles. The van der Waals surface area contributed by atoms with Gasteiger partial charge < -0.3 is 14.8 Å². The molecule has 0 fully saturated rings. The smallest absolute Gasteiger partial charge is 0.270 e. The molecule has 3 rings (SSSR count). The van der Waals surface area contributed by atoms with Crippen LogP contribution in [0.5, 0.6) is 11.5 Å². The van der Waals surface area contributed by atoms with Gasteiger partial charge in [0.05, 0.1) is 31.8 Å². The van der Waals surface area contributed by atoms with Crippen LogP contribution in [-0.2, 0) is 4.79 Å². The van der Waals surface area contributed by atoms with Gasteiger partial charge in [-0.2, -0.15) is 10.4 Å². The Morgan fingerprint density at radius 3 is 2.50 bits per heavy atom. The van der Waals surface area contributed by atoms with Crippen LogP contribution in [0.25, 0.3) is 11.3 Å². The van der Waals surface area contributed by atoms with Crippen molar-refractivity contribution in [2.75, 3.05) is 25.0 Å². The van der Waals surface area contributed by atoms with E-state index in [0.717, 1.165) is 0 Å². The Labute approximate surface area is 183 Å². The molecule has 32 heavy (non-hydrogen) atoms. The van der Waals surface area contributed by atoms with Crippen molar-refractivity contribution in [2.45, 2.75) is 6.92 Å². The van der Waals surface area contributed by atoms with E-state index in [2.05, 4.69) is 25.8 Å². The predicted molar refractivity (Wildman–Crippen MR) is 120 cm³/mol. The number of hydrogen-bond donors (Lipinski definition) is 3. The van der Waals surface area contributed by atoms with E-state index < -0.39 is 5.56 Å². The molecule has 0 radical (unpaired) electrons. The van der Waals surface area contributed by atoms with Crippen molar-refractivity contribution in [3.63, 3.8) is 0 Å². The van der Waals surface area contributed by atoms with Crippen molar-refractivity contribution in [2.24, 2.45) is 5.10 Å². The maximum Gasteiger partial charge on any atom is 0.270 e. The molecule has 0 saturated heterocycles. The SMILES string of the molecule is COc1cc(C=NNc2nc(-c3ccccc3)c(C#N)c(=O)[nH]2)c(NC(C)=O)cc1OC. The van der Waals surface area contributed by atoms with Crippen LogP contribution in [0.4, 0.5) is 11.6 Å². The van der Waals surface area contributed by atoms with E-state index in [1.807, 2.05) is 12.1 Å². The summed E-state index contributed by atoms with van der Waals surface area (Å²) in [6.07, 6.45) is 1.42. The number of anilines is 2. The van der Waals surface area contributed by atoms with Gasteiger partial charge in [0, 0.05) is 24.1 Å². The van der Waals surface area contributed by atoms with Crippen LogP contribution in [0.2, 0.25) is 0 Å².